The monoisotopic (exact) mass is 477 g/mol. The van der Waals surface area contributed by atoms with Crippen LogP contribution in [-0.4, -0.2) is 48.2 Å². The van der Waals surface area contributed by atoms with Crippen molar-refractivity contribution in [2.24, 2.45) is 0 Å². The second-order valence-electron chi connectivity index (χ2n) is 7.31. The molecule has 1 N–H and O–H groups in total. The average Bonchev–Trinajstić information content (AvgIpc) is 2.75. The third-order valence-corrected chi connectivity index (χ3v) is 5.24. The molecule has 1 unspecified atom stereocenters. The predicted octanol–water partition coefficient (Wildman–Crippen LogP) is -1.02. The van der Waals surface area contributed by atoms with E-state index in [1.807, 2.05) is 18.2 Å². The number of carboxylic acids is 1. The zero-order chi connectivity index (χ0) is 23.4. The van der Waals surface area contributed by atoms with Gasteiger partial charge in [-0.15, -0.1) is 0 Å². The Hall–Kier alpha value is -2.65. The van der Waals surface area contributed by atoms with Gasteiger partial charge in [-0.05, 0) is 42.3 Å². The van der Waals surface area contributed by atoms with Crippen LogP contribution in [0.3, 0.4) is 0 Å². The summed E-state index contributed by atoms with van der Waals surface area (Å²) < 4.78 is 0. The molecule has 0 saturated carbocycles. The van der Waals surface area contributed by atoms with Crippen molar-refractivity contribution >= 4 is 41.0 Å². The van der Waals surface area contributed by atoms with Gasteiger partial charge in [-0.3, -0.25) is 14.5 Å². The third-order valence-electron chi connectivity index (χ3n) is 4.99. The minimum atomic E-state index is -1.42. The number of ketones is 1. The first kappa shape index (κ1) is 26.6. The van der Waals surface area contributed by atoms with E-state index in [9.17, 15) is 24.3 Å². The van der Waals surface area contributed by atoms with Crippen LogP contribution in [0.5, 0.6) is 0 Å². The van der Waals surface area contributed by atoms with Crippen molar-refractivity contribution in [2.75, 3.05) is 18.5 Å². The fourth-order valence-electron chi connectivity index (χ4n) is 3.38. The molecule has 0 spiro atoms. The van der Waals surface area contributed by atoms with E-state index in [2.05, 4.69) is 5.32 Å². The summed E-state index contributed by atoms with van der Waals surface area (Å²) in [5.41, 5.74) is 2.18. The Balaban J connectivity index is 0.00000385. The number of carboxylic acid groups (broad SMARTS) is 1. The quantitative estimate of drug-likeness (QED) is 0.423. The van der Waals surface area contributed by atoms with Crippen molar-refractivity contribution in [3.63, 3.8) is 0 Å². The average molecular weight is 478 g/mol. The van der Waals surface area contributed by atoms with Gasteiger partial charge in [0.05, 0.1) is 0 Å². The summed E-state index contributed by atoms with van der Waals surface area (Å²) in [4.78, 5) is 51.9. The first-order valence-corrected chi connectivity index (χ1v) is 10.2. The molecule has 33 heavy (non-hydrogen) atoms. The van der Waals surface area contributed by atoms with E-state index >= 15 is 0 Å². The number of carbonyl (C=O) groups is 4. The zero-order valence-electron chi connectivity index (χ0n) is 18.5. The van der Waals surface area contributed by atoms with Crippen LogP contribution in [0, 0.1) is 0 Å². The van der Waals surface area contributed by atoms with E-state index in [0.29, 0.717) is 16.3 Å². The van der Waals surface area contributed by atoms with Crippen LogP contribution in [0.15, 0.2) is 60.3 Å². The molecule has 0 radical (unpaired) electrons. The molecule has 2 aromatic carbocycles. The van der Waals surface area contributed by atoms with E-state index in [1.54, 1.807) is 37.3 Å². The maximum absolute atomic E-state index is 13.1. The number of anilines is 1. The molecule has 0 fully saturated rings. The summed E-state index contributed by atoms with van der Waals surface area (Å²) in [7, 11) is 1.50. The van der Waals surface area contributed by atoms with E-state index in [1.165, 1.54) is 18.1 Å². The molecule has 1 atom stereocenters. The zero-order valence-corrected chi connectivity index (χ0v) is 21.3. The Bertz CT molecular complexity index is 1100. The molecule has 8 nitrogen and oxygen atoms in total. The topological polar surface area (TPSA) is 110 Å². The summed E-state index contributed by atoms with van der Waals surface area (Å²) >= 11 is 5.96. The summed E-state index contributed by atoms with van der Waals surface area (Å²) in [6, 6.07) is 11.7. The molecule has 1 aliphatic heterocycles. The number of nitrogens with one attached hydrogen (secondary N) is 1. The van der Waals surface area contributed by atoms with Gasteiger partial charge in [0.25, 0.3) is 5.91 Å². The maximum Gasteiger partial charge on any atom is 1.00 e. The van der Waals surface area contributed by atoms with E-state index in [-0.39, 0.29) is 36.1 Å². The Labute approximate surface area is 218 Å². The van der Waals surface area contributed by atoms with E-state index in [4.69, 9.17) is 11.6 Å². The summed E-state index contributed by atoms with van der Waals surface area (Å²) in [5, 5.41) is 13.8. The van der Waals surface area contributed by atoms with Crippen molar-refractivity contribution < 1.29 is 53.8 Å². The van der Waals surface area contributed by atoms with Crippen LogP contribution in [0.4, 0.5) is 10.5 Å². The van der Waals surface area contributed by atoms with Gasteiger partial charge in [0.1, 0.15) is 0 Å². The largest absolute Gasteiger partial charge is 1.00 e. The van der Waals surface area contributed by atoms with Crippen LogP contribution in [0.25, 0.3) is 11.1 Å². The van der Waals surface area contributed by atoms with Gasteiger partial charge in [-0.2, -0.15) is 0 Å². The van der Waals surface area contributed by atoms with Crippen molar-refractivity contribution in [3.05, 3.63) is 65.3 Å². The number of hydrogen-bond acceptors (Lipinski definition) is 5. The Morgan fingerprint density at radius 2 is 1.79 bits per heavy atom. The number of urea groups is 1. The van der Waals surface area contributed by atoms with Crippen LogP contribution in [0.1, 0.15) is 13.3 Å². The number of likely N-dealkylation sites (N-methyl/N-ethyl adjacent to an activating group) is 1. The summed E-state index contributed by atoms with van der Waals surface area (Å²) in [5.74, 6) is -2.42. The van der Waals surface area contributed by atoms with Crippen molar-refractivity contribution in [2.45, 2.75) is 19.4 Å². The Kier molecular flexibility index (Phi) is 9.25. The molecule has 3 amide bonds. The van der Waals surface area contributed by atoms with Crippen LogP contribution in [-0.2, 0) is 14.4 Å². The van der Waals surface area contributed by atoms with Gasteiger partial charge in [0, 0.05) is 48.5 Å². The van der Waals surface area contributed by atoms with Gasteiger partial charge in [-0.1, -0.05) is 35.9 Å². The molecule has 3 rings (SSSR count). The summed E-state index contributed by atoms with van der Waals surface area (Å²) in [6.45, 7) is 1.35. The van der Waals surface area contributed by atoms with Crippen LogP contribution >= 0.6 is 11.6 Å². The fraction of sp³-hybridized carbons (Fsp3) is 0.217. The molecule has 0 aromatic heterocycles. The van der Waals surface area contributed by atoms with Crippen LogP contribution in [0.2, 0.25) is 5.02 Å². The Morgan fingerprint density at radius 1 is 1.12 bits per heavy atom. The van der Waals surface area contributed by atoms with Gasteiger partial charge < -0.3 is 20.1 Å². The molecule has 0 bridgehead atoms. The first-order chi connectivity index (χ1) is 15.2. The first-order valence-electron chi connectivity index (χ1n) is 9.81. The number of nitrogens with zero attached hydrogens (tertiary/aromatic N) is 2. The Morgan fingerprint density at radius 3 is 2.42 bits per heavy atom. The van der Waals surface area contributed by atoms with Crippen LogP contribution < -0.4 is 44.9 Å². The van der Waals surface area contributed by atoms with Crippen molar-refractivity contribution in [3.8, 4) is 11.1 Å². The number of rotatable bonds is 6. The summed E-state index contributed by atoms with van der Waals surface area (Å²) in [6.07, 6.45) is 1.01. The molecule has 2 aromatic rings. The minimum absolute atomic E-state index is 0. The standard InChI is InChI=1S/C23H22ClN3O5.Na/c1-14-13-26(2)22(31)20(21(14)30)27(23(32)25-11-10-19(28)29)18-5-3-4-16(12-18)15-6-8-17(24)9-7-15;/h3-9,12-13,20H,10-11H2,1-2H3,(H,25,32)(H,28,29);/q;+1/p-1. The molecule has 0 saturated heterocycles. The molecule has 10 heteroatoms. The normalized spacial score (nSPS) is 15.4. The second-order valence-corrected chi connectivity index (χ2v) is 7.75. The molecular weight excluding hydrogens is 457 g/mol. The van der Waals surface area contributed by atoms with Crippen molar-refractivity contribution in [1.29, 1.82) is 0 Å². The number of Topliss-reactive ketones (excluding diaryl/α,β-unsaturated/α-hetero) is 1. The number of amides is 3. The second kappa shape index (κ2) is 11.5. The number of carbonyl (C=O) groups excluding carboxylic acids is 4. The van der Waals surface area contributed by atoms with Crippen molar-refractivity contribution in [1.82, 2.24) is 10.2 Å². The third kappa shape index (κ3) is 6.23. The minimum Gasteiger partial charge on any atom is -0.550 e. The number of benzene rings is 2. The van der Waals surface area contributed by atoms with E-state index in [0.717, 1.165) is 16.0 Å². The predicted molar refractivity (Wildman–Crippen MR) is 118 cm³/mol. The number of hydrogen-bond donors (Lipinski definition) is 1. The SMILES string of the molecule is CC1=CN(C)C(=O)C(N(C(=O)NCCC(=O)[O-])c2cccc(-c3ccc(Cl)cc3)c2)C1=O.[Na+]. The fourth-order valence-corrected chi connectivity index (χ4v) is 3.51. The maximum atomic E-state index is 13.1. The smallest absolute Gasteiger partial charge is 0.550 e. The molecule has 1 aliphatic rings. The molecule has 1 heterocycles. The number of halogens is 1. The number of aliphatic carboxylic acids is 1. The molecular formula is C23H21ClN3NaO5. The van der Waals surface area contributed by atoms with Gasteiger partial charge in [-0.25, -0.2) is 4.79 Å². The van der Waals surface area contributed by atoms with Gasteiger partial charge >= 0.3 is 35.6 Å². The molecule has 166 valence electrons. The molecule has 0 aliphatic carbocycles. The van der Waals surface area contributed by atoms with E-state index < -0.39 is 36.2 Å². The van der Waals surface area contributed by atoms with Gasteiger partial charge in [0.2, 0.25) is 0 Å². The van der Waals surface area contributed by atoms with Gasteiger partial charge in [0.15, 0.2) is 11.8 Å².